The van der Waals surface area contributed by atoms with Crippen LogP contribution >= 0.6 is 11.8 Å². The van der Waals surface area contributed by atoms with Crippen LogP contribution < -0.4 is 10.9 Å². The van der Waals surface area contributed by atoms with Gasteiger partial charge in [-0.25, -0.2) is 4.98 Å². The Hall–Kier alpha value is -2.60. The summed E-state index contributed by atoms with van der Waals surface area (Å²) in [6.07, 6.45) is 0. The van der Waals surface area contributed by atoms with E-state index < -0.39 is 0 Å². The zero-order valence-electron chi connectivity index (χ0n) is 14.8. The first-order chi connectivity index (χ1) is 12.6. The molecule has 0 aliphatic heterocycles. The van der Waals surface area contributed by atoms with Crippen LogP contribution in [0.1, 0.15) is 13.8 Å². The summed E-state index contributed by atoms with van der Waals surface area (Å²) in [5.41, 5.74) is 1.24. The average Bonchev–Trinajstić information content (AvgIpc) is 2.65. The number of hydrogen-bond donors (Lipinski definition) is 1. The van der Waals surface area contributed by atoms with Crippen LogP contribution in [0.15, 0.2) is 64.5 Å². The highest BCUT2D eigenvalue weighted by atomic mass is 32.2. The third kappa shape index (κ3) is 4.14. The van der Waals surface area contributed by atoms with Gasteiger partial charge in [-0.15, -0.1) is 0 Å². The van der Waals surface area contributed by atoms with Crippen LogP contribution in [0.4, 0.5) is 0 Å². The molecule has 5 nitrogen and oxygen atoms in total. The Morgan fingerprint density at radius 1 is 1.12 bits per heavy atom. The van der Waals surface area contributed by atoms with Crippen molar-refractivity contribution in [1.82, 2.24) is 14.9 Å². The molecule has 26 heavy (non-hydrogen) atoms. The zero-order valence-corrected chi connectivity index (χ0v) is 15.6. The van der Waals surface area contributed by atoms with Gasteiger partial charge in [0.05, 0.1) is 22.3 Å². The smallest absolute Gasteiger partial charge is 0.266 e. The number of rotatable bonds is 6. The standard InChI is InChI=1S/C20H21N3O2S/c1-14(2)12-21-18(24)13-26-20-22-17-11-7-6-10-16(17)19(25)23(20)15-8-4-3-5-9-15/h3-11,14H,12-13H2,1-2H3,(H,21,24). The fourth-order valence-corrected chi connectivity index (χ4v) is 3.36. The average molecular weight is 367 g/mol. The lowest BCUT2D eigenvalue weighted by Crippen LogP contribution is -2.29. The van der Waals surface area contributed by atoms with Crippen molar-refractivity contribution in [2.75, 3.05) is 12.3 Å². The quantitative estimate of drug-likeness (QED) is 0.537. The van der Waals surface area contributed by atoms with Gasteiger partial charge in [0.15, 0.2) is 5.16 Å². The van der Waals surface area contributed by atoms with Gasteiger partial charge in [-0.2, -0.15) is 0 Å². The van der Waals surface area contributed by atoms with Gasteiger partial charge in [0.2, 0.25) is 5.91 Å². The molecule has 3 aromatic rings. The normalized spacial score (nSPS) is 11.0. The van der Waals surface area contributed by atoms with Crippen molar-refractivity contribution in [3.8, 4) is 5.69 Å². The third-order valence-corrected chi connectivity index (χ3v) is 4.74. The molecule has 0 saturated heterocycles. The summed E-state index contributed by atoms with van der Waals surface area (Å²) < 4.78 is 1.57. The summed E-state index contributed by atoms with van der Waals surface area (Å²) in [6.45, 7) is 4.73. The molecule has 1 N–H and O–H groups in total. The van der Waals surface area contributed by atoms with Gasteiger partial charge in [-0.3, -0.25) is 14.2 Å². The van der Waals surface area contributed by atoms with E-state index in [0.29, 0.717) is 28.5 Å². The number of hydrogen-bond acceptors (Lipinski definition) is 4. The molecule has 0 saturated carbocycles. The molecule has 0 spiro atoms. The molecule has 1 heterocycles. The van der Waals surface area contributed by atoms with Gasteiger partial charge in [-0.05, 0) is 30.2 Å². The molecule has 0 fully saturated rings. The van der Waals surface area contributed by atoms with Crippen molar-refractivity contribution in [2.24, 2.45) is 5.92 Å². The van der Waals surface area contributed by atoms with Gasteiger partial charge in [-0.1, -0.05) is 55.9 Å². The molecule has 0 radical (unpaired) electrons. The number of carbonyl (C=O) groups is 1. The van der Waals surface area contributed by atoms with Crippen molar-refractivity contribution in [3.63, 3.8) is 0 Å². The van der Waals surface area contributed by atoms with Crippen molar-refractivity contribution in [1.29, 1.82) is 0 Å². The third-order valence-electron chi connectivity index (χ3n) is 3.80. The molecule has 134 valence electrons. The van der Waals surface area contributed by atoms with E-state index in [9.17, 15) is 9.59 Å². The Morgan fingerprint density at radius 2 is 1.81 bits per heavy atom. The van der Waals surface area contributed by atoms with Gasteiger partial charge < -0.3 is 5.32 Å². The first kappa shape index (κ1) is 18.2. The topological polar surface area (TPSA) is 64.0 Å². The molecule has 1 aromatic heterocycles. The van der Waals surface area contributed by atoms with E-state index in [0.717, 1.165) is 5.69 Å². The fourth-order valence-electron chi connectivity index (χ4n) is 2.51. The van der Waals surface area contributed by atoms with E-state index in [4.69, 9.17) is 0 Å². The maximum Gasteiger partial charge on any atom is 0.266 e. The van der Waals surface area contributed by atoms with E-state index in [1.54, 1.807) is 10.6 Å². The zero-order chi connectivity index (χ0) is 18.5. The first-order valence-corrected chi connectivity index (χ1v) is 9.51. The lowest BCUT2D eigenvalue weighted by atomic mass is 10.2. The number of fused-ring (bicyclic) bond motifs is 1. The summed E-state index contributed by atoms with van der Waals surface area (Å²) in [7, 11) is 0. The minimum Gasteiger partial charge on any atom is -0.355 e. The second-order valence-electron chi connectivity index (χ2n) is 6.37. The lowest BCUT2D eigenvalue weighted by molar-refractivity contribution is -0.118. The van der Waals surface area contributed by atoms with E-state index >= 15 is 0 Å². The van der Waals surface area contributed by atoms with Gasteiger partial charge in [0.1, 0.15) is 0 Å². The summed E-state index contributed by atoms with van der Waals surface area (Å²) in [6, 6.07) is 16.6. The van der Waals surface area contributed by atoms with Crippen molar-refractivity contribution in [3.05, 3.63) is 65.0 Å². The second kappa shape index (κ2) is 8.19. The molecule has 3 rings (SSSR count). The number of para-hydroxylation sites is 2. The minimum absolute atomic E-state index is 0.0641. The summed E-state index contributed by atoms with van der Waals surface area (Å²) in [4.78, 5) is 29.7. The number of thioether (sulfide) groups is 1. The van der Waals surface area contributed by atoms with Crippen LogP contribution in [0.3, 0.4) is 0 Å². The lowest BCUT2D eigenvalue weighted by Gasteiger charge is -2.13. The number of carbonyl (C=O) groups excluding carboxylic acids is 1. The summed E-state index contributed by atoms with van der Waals surface area (Å²) >= 11 is 1.27. The second-order valence-corrected chi connectivity index (χ2v) is 7.32. The van der Waals surface area contributed by atoms with E-state index in [-0.39, 0.29) is 17.2 Å². The molecule has 0 atom stereocenters. The Bertz CT molecular complexity index is 968. The van der Waals surface area contributed by atoms with Crippen LogP contribution in [0, 0.1) is 5.92 Å². The first-order valence-electron chi connectivity index (χ1n) is 8.53. The van der Waals surface area contributed by atoms with Gasteiger partial charge in [0.25, 0.3) is 5.56 Å². The van der Waals surface area contributed by atoms with E-state index in [2.05, 4.69) is 10.3 Å². The fraction of sp³-hybridized carbons (Fsp3) is 0.250. The van der Waals surface area contributed by atoms with Crippen LogP contribution in [-0.2, 0) is 4.79 Å². The SMILES string of the molecule is CC(C)CNC(=O)CSc1nc2ccccc2c(=O)n1-c1ccccc1. The molecular formula is C20H21N3O2S. The number of aromatic nitrogens is 2. The predicted octanol–water partition coefficient (Wildman–Crippen LogP) is 3.25. The van der Waals surface area contributed by atoms with E-state index in [1.807, 2.05) is 62.4 Å². The molecule has 0 aliphatic carbocycles. The Kier molecular flexibility index (Phi) is 5.73. The maximum absolute atomic E-state index is 13.0. The van der Waals surface area contributed by atoms with Crippen LogP contribution in [0.2, 0.25) is 0 Å². The van der Waals surface area contributed by atoms with Crippen LogP contribution in [0.25, 0.3) is 16.6 Å². The summed E-state index contributed by atoms with van der Waals surface area (Å²) in [5.74, 6) is 0.542. The molecule has 0 bridgehead atoms. The molecule has 2 aromatic carbocycles. The van der Waals surface area contributed by atoms with E-state index in [1.165, 1.54) is 11.8 Å². The highest BCUT2D eigenvalue weighted by Crippen LogP contribution is 2.21. The van der Waals surface area contributed by atoms with Crippen LogP contribution in [0.5, 0.6) is 0 Å². The maximum atomic E-state index is 13.0. The minimum atomic E-state index is -0.133. The summed E-state index contributed by atoms with van der Waals surface area (Å²) in [5, 5.41) is 3.96. The highest BCUT2D eigenvalue weighted by Gasteiger charge is 2.14. The Balaban J connectivity index is 1.98. The van der Waals surface area contributed by atoms with Crippen molar-refractivity contribution < 1.29 is 4.79 Å². The molecule has 0 unspecified atom stereocenters. The largest absolute Gasteiger partial charge is 0.355 e. The molecular weight excluding hydrogens is 346 g/mol. The Labute approximate surface area is 156 Å². The van der Waals surface area contributed by atoms with Gasteiger partial charge in [0, 0.05) is 6.54 Å². The van der Waals surface area contributed by atoms with Crippen molar-refractivity contribution >= 4 is 28.6 Å². The molecule has 6 heteroatoms. The van der Waals surface area contributed by atoms with Gasteiger partial charge >= 0.3 is 0 Å². The number of benzene rings is 2. The predicted molar refractivity (Wildman–Crippen MR) is 106 cm³/mol. The highest BCUT2D eigenvalue weighted by molar-refractivity contribution is 7.99. The Morgan fingerprint density at radius 3 is 2.54 bits per heavy atom. The van der Waals surface area contributed by atoms with Crippen LogP contribution in [-0.4, -0.2) is 27.8 Å². The monoisotopic (exact) mass is 367 g/mol. The number of amides is 1. The number of nitrogens with zero attached hydrogens (tertiary/aromatic N) is 2. The van der Waals surface area contributed by atoms with Crippen molar-refractivity contribution in [2.45, 2.75) is 19.0 Å². The molecule has 0 aliphatic rings. The molecule has 1 amide bonds. The number of nitrogens with one attached hydrogen (secondary N) is 1.